The lowest BCUT2D eigenvalue weighted by molar-refractivity contribution is 0.386. The van der Waals surface area contributed by atoms with Gasteiger partial charge in [-0.25, -0.2) is 18.4 Å². The molecule has 0 spiro atoms. The fourth-order valence-electron chi connectivity index (χ4n) is 3.95. The number of aromatic nitrogens is 2. The van der Waals surface area contributed by atoms with E-state index in [1.807, 2.05) is 37.4 Å². The van der Waals surface area contributed by atoms with Crippen LogP contribution in [0.15, 0.2) is 59.5 Å². The number of hydrogen-bond donors (Lipinski definition) is 0. The first-order chi connectivity index (χ1) is 15.4. The standard InChI is InChI=1S/C24H28N4O3S/c1-4-15-27(2)24-21-17-28(32(29,30)20-12-10-19(31-3)11-13-20)16-14-22(21)25-23(26-24)18-8-6-5-7-9-18/h5-13H,4,14-17H2,1-3H3. The quantitative estimate of drug-likeness (QED) is 0.544. The second kappa shape index (κ2) is 9.26. The van der Waals surface area contributed by atoms with Crippen LogP contribution in [0, 0.1) is 0 Å². The van der Waals surface area contributed by atoms with Crippen molar-refractivity contribution >= 4 is 15.8 Å². The van der Waals surface area contributed by atoms with E-state index < -0.39 is 10.0 Å². The molecule has 0 radical (unpaired) electrons. The van der Waals surface area contributed by atoms with Crippen LogP contribution in [0.3, 0.4) is 0 Å². The molecular formula is C24H28N4O3S. The number of ether oxygens (including phenoxy) is 1. The summed E-state index contributed by atoms with van der Waals surface area (Å²) in [6.45, 7) is 3.57. The zero-order valence-electron chi connectivity index (χ0n) is 18.7. The van der Waals surface area contributed by atoms with Crippen molar-refractivity contribution in [3.05, 3.63) is 65.9 Å². The summed E-state index contributed by atoms with van der Waals surface area (Å²) in [5.74, 6) is 2.09. The molecule has 3 aromatic rings. The summed E-state index contributed by atoms with van der Waals surface area (Å²) in [6.07, 6.45) is 1.50. The van der Waals surface area contributed by atoms with E-state index >= 15 is 0 Å². The molecule has 0 saturated heterocycles. The third kappa shape index (κ3) is 4.33. The summed E-state index contributed by atoms with van der Waals surface area (Å²) in [4.78, 5) is 12.0. The van der Waals surface area contributed by atoms with Crippen LogP contribution in [0.5, 0.6) is 5.75 Å². The van der Waals surface area contributed by atoms with Gasteiger partial charge in [-0.05, 0) is 30.7 Å². The van der Waals surface area contributed by atoms with Gasteiger partial charge in [0.2, 0.25) is 10.0 Å². The Hall–Kier alpha value is -2.97. The van der Waals surface area contributed by atoms with Crippen LogP contribution in [-0.2, 0) is 23.0 Å². The summed E-state index contributed by atoms with van der Waals surface area (Å²) in [7, 11) is -0.0866. The summed E-state index contributed by atoms with van der Waals surface area (Å²) in [5, 5.41) is 0. The first kappa shape index (κ1) is 22.2. The average Bonchev–Trinajstić information content (AvgIpc) is 2.83. The number of methoxy groups -OCH3 is 1. The van der Waals surface area contributed by atoms with Gasteiger partial charge in [0.05, 0.1) is 17.7 Å². The van der Waals surface area contributed by atoms with E-state index in [-0.39, 0.29) is 11.4 Å². The SMILES string of the molecule is CCCN(C)c1nc(-c2ccccc2)nc2c1CN(S(=O)(=O)c1ccc(OC)cc1)CC2. The fraction of sp³-hybridized carbons (Fsp3) is 0.333. The average molecular weight is 453 g/mol. The van der Waals surface area contributed by atoms with Crippen molar-refractivity contribution in [1.29, 1.82) is 0 Å². The molecule has 1 aliphatic rings. The topological polar surface area (TPSA) is 75.6 Å². The van der Waals surface area contributed by atoms with Crippen LogP contribution in [-0.4, -0.2) is 49.9 Å². The number of benzene rings is 2. The minimum atomic E-state index is -3.64. The molecule has 2 heterocycles. The van der Waals surface area contributed by atoms with Gasteiger partial charge in [-0.1, -0.05) is 37.3 Å². The van der Waals surface area contributed by atoms with Crippen molar-refractivity contribution in [3.8, 4) is 17.1 Å². The number of fused-ring (bicyclic) bond motifs is 1. The molecule has 0 N–H and O–H groups in total. The highest BCUT2D eigenvalue weighted by atomic mass is 32.2. The molecule has 0 fully saturated rings. The first-order valence-corrected chi connectivity index (χ1v) is 12.2. The third-order valence-corrected chi connectivity index (χ3v) is 7.51. The van der Waals surface area contributed by atoms with E-state index in [0.717, 1.165) is 35.6 Å². The molecule has 8 heteroatoms. The van der Waals surface area contributed by atoms with Gasteiger partial charge in [0.15, 0.2) is 5.82 Å². The maximum absolute atomic E-state index is 13.3. The molecule has 168 valence electrons. The lowest BCUT2D eigenvalue weighted by atomic mass is 10.1. The number of rotatable bonds is 7. The second-order valence-electron chi connectivity index (χ2n) is 7.85. The van der Waals surface area contributed by atoms with E-state index in [9.17, 15) is 8.42 Å². The smallest absolute Gasteiger partial charge is 0.243 e. The van der Waals surface area contributed by atoms with Crippen LogP contribution in [0.25, 0.3) is 11.4 Å². The second-order valence-corrected chi connectivity index (χ2v) is 9.79. The fourth-order valence-corrected chi connectivity index (χ4v) is 5.36. The molecule has 32 heavy (non-hydrogen) atoms. The maximum Gasteiger partial charge on any atom is 0.243 e. The van der Waals surface area contributed by atoms with E-state index in [0.29, 0.717) is 24.5 Å². The Labute approximate surface area is 189 Å². The maximum atomic E-state index is 13.3. The summed E-state index contributed by atoms with van der Waals surface area (Å²) in [5.41, 5.74) is 2.75. The summed E-state index contributed by atoms with van der Waals surface area (Å²) < 4.78 is 33.3. The molecule has 2 aromatic carbocycles. The Balaban J connectivity index is 1.72. The lowest BCUT2D eigenvalue weighted by Crippen LogP contribution is -2.38. The minimum Gasteiger partial charge on any atom is -0.497 e. The number of sulfonamides is 1. The summed E-state index contributed by atoms with van der Waals surface area (Å²) >= 11 is 0. The highest BCUT2D eigenvalue weighted by Gasteiger charge is 2.32. The van der Waals surface area contributed by atoms with Gasteiger partial charge in [-0.3, -0.25) is 0 Å². The first-order valence-electron chi connectivity index (χ1n) is 10.7. The molecule has 0 atom stereocenters. The monoisotopic (exact) mass is 452 g/mol. The van der Waals surface area contributed by atoms with Crippen LogP contribution in [0.4, 0.5) is 5.82 Å². The van der Waals surface area contributed by atoms with Gasteiger partial charge >= 0.3 is 0 Å². The van der Waals surface area contributed by atoms with Gasteiger partial charge in [-0.15, -0.1) is 0 Å². The largest absolute Gasteiger partial charge is 0.497 e. The predicted octanol–water partition coefficient (Wildman–Crippen LogP) is 3.75. The normalized spacial score (nSPS) is 14.1. The minimum absolute atomic E-state index is 0.252. The number of hydrogen-bond acceptors (Lipinski definition) is 6. The van der Waals surface area contributed by atoms with Gasteiger partial charge in [0.1, 0.15) is 11.6 Å². The molecule has 0 amide bonds. The number of anilines is 1. The Bertz CT molecular complexity index is 1180. The van der Waals surface area contributed by atoms with Crippen molar-refractivity contribution < 1.29 is 13.2 Å². The van der Waals surface area contributed by atoms with Crippen LogP contribution in [0.2, 0.25) is 0 Å². The molecule has 4 rings (SSSR count). The molecule has 0 saturated carbocycles. The lowest BCUT2D eigenvalue weighted by Gasteiger charge is -2.31. The molecule has 0 bridgehead atoms. The third-order valence-electron chi connectivity index (χ3n) is 5.65. The number of nitrogens with zero attached hydrogens (tertiary/aromatic N) is 4. The van der Waals surface area contributed by atoms with Crippen LogP contribution >= 0.6 is 0 Å². The van der Waals surface area contributed by atoms with E-state index in [2.05, 4.69) is 11.8 Å². The van der Waals surface area contributed by atoms with Crippen LogP contribution in [0.1, 0.15) is 24.6 Å². The molecule has 7 nitrogen and oxygen atoms in total. The van der Waals surface area contributed by atoms with Gasteiger partial charge in [0.25, 0.3) is 0 Å². The molecular weight excluding hydrogens is 424 g/mol. The van der Waals surface area contributed by atoms with Crippen molar-refractivity contribution in [2.75, 3.05) is 32.1 Å². The Morgan fingerprint density at radius 1 is 1.06 bits per heavy atom. The Morgan fingerprint density at radius 2 is 1.78 bits per heavy atom. The van der Waals surface area contributed by atoms with Gasteiger partial charge in [0, 0.05) is 44.2 Å². The van der Waals surface area contributed by atoms with E-state index in [1.54, 1.807) is 31.4 Å². The zero-order chi connectivity index (χ0) is 22.7. The summed E-state index contributed by atoms with van der Waals surface area (Å²) in [6, 6.07) is 16.4. The predicted molar refractivity (Wildman–Crippen MR) is 125 cm³/mol. The Kier molecular flexibility index (Phi) is 6.43. The molecule has 0 aliphatic carbocycles. The van der Waals surface area contributed by atoms with Crippen molar-refractivity contribution in [3.63, 3.8) is 0 Å². The van der Waals surface area contributed by atoms with Crippen molar-refractivity contribution in [2.45, 2.75) is 31.2 Å². The van der Waals surface area contributed by atoms with E-state index in [1.165, 1.54) is 4.31 Å². The van der Waals surface area contributed by atoms with Gasteiger partial charge in [-0.2, -0.15) is 4.31 Å². The molecule has 1 aliphatic heterocycles. The zero-order valence-corrected chi connectivity index (χ0v) is 19.5. The Morgan fingerprint density at radius 3 is 2.44 bits per heavy atom. The van der Waals surface area contributed by atoms with Gasteiger partial charge < -0.3 is 9.64 Å². The molecule has 1 aromatic heterocycles. The van der Waals surface area contributed by atoms with Crippen molar-refractivity contribution in [2.24, 2.45) is 0 Å². The van der Waals surface area contributed by atoms with Crippen molar-refractivity contribution in [1.82, 2.24) is 14.3 Å². The van der Waals surface area contributed by atoms with Crippen LogP contribution < -0.4 is 9.64 Å². The highest BCUT2D eigenvalue weighted by molar-refractivity contribution is 7.89. The molecule has 0 unspecified atom stereocenters. The highest BCUT2D eigenvalue weighted by Crippen LogP contribution is 2.32. The van der Waals surface area contributed by atoms with E-state index in [4.69, 9.17) is 14.7 Å².